The molecule has 0 bridgehead atoms. The Hall–Kier alpha value is -2.63. The van der Waals surface area contributed by atoms with Crippen molar-refractivity contribution in [2.75, 3.05) is 6.26 Å². The fourth-order valence-electron chi connectivity index (χ4n) is 2.54. The zero-order valence-electron chi connectivity index (χ0n) is 20.3. The molecule has 3 rings (SSSR count). The number of carbonyl (C=O) groups excluding carboxylic acids is 1. The molecule has 6 N–H and O–H groups in total. The van der Waals surface area contributed by atoms with Crippen LogP contribution in [0, 0.1) is 5.41 Å². The van der Waals surface area contributed by atoms with Crippen molar-refractivity contribution < 1.29 is 14.3 Å². The van der Waals surface area contributed by atoms with Crippen molar-refractivity contribution in [3.05, 3.63) is 58.3 Å². The van der Waals surface area contributed by atoms with Gasteiger partial charge in [0.25, 0.3) is 0 Å². The van der Waals surface area contributed by atoms with Crippen molar-refractivity contribution in [3.63, 3.8) is 0 Å². The maximum Gasteiger partial charge on any atom is 0.155 e. The van der Waals surface area contributed by atoms with Gasteiger partial charge >= 0.3 is 0 Å². The van der Waals surface area contributed by atoms with E-state index in [1.54, 1.807) is 18.2 Å². The summed E-state index contributed by atoms with van der Waals surface area (Å²) in [5.74, 6) is 10.1. The molecule has 3 aromatic rings. The predicted octanol–water partition coefficient (Wildman–Crippen LogP) is 5.36. The summed E-state index contributed by atoms with van der Waals surface area (Å²) >= 11 is 13.3. The topological polar surface area (TPSA) is 153 Å². The van der Waals surface area contributed by atoms with Gasteiger partial charge in [-0.3, -0.25) is 22.2 Å². The lowest BCUT2D eigenvalue weighted by atomic mass is 10.2. The summed E-state index contributed by atoms with van der Waals surface area (Å²) in [4.78, 5) is 12.1. The van der Waals surface area contributed by atoms with Crippen LogP contribution in [0.2, 0.25) is 10.0 Å². The molecule has 0 spiro atoms. The molecule has 0 aliphatic heterocycles. The van der Waals surface area contributed by atoms with Crippen LogP contribution in [0.1, 0.15) is 33.3 Å². The second-order valence-corrected chi connectivity index (χ2v) is 8.74. The second-order valence-electron chi connectivity index (χ2n) is 7.05. The predicted molar refractivity (Wildman–Crippen MR) is 146 cm³/mol. The molecule has 12 heteroatoms. The van der Waals surface area contributed by atoms with Gasteiger partial charge in [0.15, 0.2) is 5.82 Å². The van der Waals surface area contributed by atoms with E-state index in [1.165, 1.54) is 18.1 Å². The van der Waals surface area contributed by atoms with Crippen LogP contribution in [0.5, 0.6) is 11.5 Å². The van der Waals surface area contributed by atoms with Gasteiger partial charge in [-0.2, -0.15) is 5.10 Å². The first kappa shape index (κ1) is 32.4. The Labute approximate surface area is 220 Å². The summed E-state index contributed by atoms with van der Waals surface area (Å²) in [7, 11) is 0. The maximum atomic E-state index is 8.00. The number of thioether (sulfide) groups is 1. The van der Waals surface area contributed by atoms with E-state index >= 15 is 0 Å². The molecule has 0 fully saturated rings. The van der Waals surface area contributed by atoms with Crippen molar-refractivity contribution >= 4 is 46.8 Å². The standard InChI is InChI=1S/C11H12ClN3O.C11H14ClNOS.CH2O.H4N2/c1-7(2)16-10-4-8(3-9(12)5-10)11-13-6-14-15-11;1-7(2)14-10-5-8(11(13)15-3)4-9(12)6-10;2*1-2/h3-7H,1-2H3,(H,13,14,15);4-7,13H,1-3H3;1H2;1-2H2. The molecular weight excluding hydrogens is 511 g/mol. The zero-order chi connectivity index (χ0) is 27.0. The van der Waals surface area contributed by atoms with Gasteiger partial charge < -0.3 is 14.3 Å². The Balaban J connectivity index is 0.000000580. The van der Waals surface area contributed by atoms with Crippen LogP contribution in [0.25, 0.3) is 11.4 Å². The fraction of sp³-hybridized carbons (Fsp3) is 0.304. The van der Waals surface area contributed by atoms with E-state index in [9.17, 15) is 0 Å². The molecule has 0 unspecified atom stereocenters. The molecule has 9 nitrogen and oxygen atoms in total. The highest BCUT2D eigenvalue weighted by molar-refractivity contribution is 8.13. The van der Waals surface area contributed by atoms with E-state index in [0.717, 1.165) is 16.9 Å². The van der Waals surface area contributed by atoms with Crippen LogP contribution in [0.3, 0.4) is 0 Å². The monoisotopic (exact) mass is 542 g/mol. The van der Waals surface area contributed by atoms with E-state index in [-0.39, 0.29) is 12.2 Å². The number of aromatic amines is 1. The Morgan fingerprint density at radius 2 is 1.49 bits per heavy atom. The van der Waals surface area contributed by atoms with Gasteiger partial charge in [0, 0.05) is 21.2 Å². The van der Waals surface area contributed by atoms with Crippen molar-refractivity contribution in [2.24, 2.45) is 11.7 Å². The number of nitrogens with two attached hydrogens (primary N) is 2. The van der Waals surface area contributed by atoms with Gasteiger partial charge in [0.1, 0.15) is 24.6 Å². The van der Waals surface area contributed by atoms with E-state index in [0.29, 0.717) is 26.7 Å². The van der Waals surface area contributed by atoms with Crippen LogP contribution in [-0.4, -0.2) is 45.5 Å². The average Bonchev–Trinajstić information content (AvgIpc) is 3.35. The molecule has 1 aromatic heterocycles. The smallest absolute Gasteiger partial charge is 0.155 e. The summed E-state index contributed by atoms with van der Waals surface area (Å²) in [6.45, 7) is 9.85. The van der Waals surface area contributed by atoms with Gasteiger partial charge in [-0.05, 0) is 70.3 Å². The van der Waals surface area contributed by atoms with Crippen LogP contribution in [0.15, 0.2) is 42.7 Å². The van der Waals surface area contributed by atoms with Gasteiger partial charge in [-0.25, -0.2) is 4.98 Å². The van der Waals surface area contributed by atoms with E-state index in [4.69, 9.17) is 42.9 Å². The summed E-state index contributed by atoms with van der Waals surface area (Å²) in [5.41, 5.74) is 1.66. The molecule has 0 amide bonds. The van der Waals surface area contributed by atoms with Gasteiger partial charge in [0.05, 0.1) is 17.3 Å². The molecule has 0 saturated heterocycles. The number of hydrazine groups is 1. The molecule has 2 aromatic carbocycles. The Morgan fingerprint density at radius 1 is 0.971 bits per heavy atom. The third kappa shape index (κ3) is 12.6. The van der Waals surface area contributed by atoms with Crippen LogP contribution >= 0.6 is 35.0 Å². The number of nitrogens with zero attached hydrogens (tertiary/aromatic N) is 2. The quantitative estimate of drug-likeness (QED) is 0.140. The Kier molecular flexibility index (Phi) is 16.4. The van der Waals surface area contributed by atoms with Crippen molar-refractivity contribution in [1.82, 2.24) is 15.2 Å². The summed E-state index contributed by atoms with van der Waals surface area (Å²) in [6, 6.07) is 10.8. The molecular formula is C23H32Cl2N6O3S. The number of H-pyrrole nitrogens is 1. The largest absolute Gasteiger partial charge is 0.491 e. The third-order valence-electron chi connectivity index (χ3n) is 3.64. The molecule has 0 aliphatic rings. The first-order chi connectivity index (χ1) is 16.7. The number of halogens is 2. The molecule has 0 aliphatic carbocycles. The summed E-state index contributed by atoms with van der Waals surface area (Å²) in [6.07, 6.45) is 3.55. The molecule has 0 radical (unpaired) electrons. The number of benzene rings is 2. The maximum absolute atomic E-state index is 8.00. The van der Waals surface area contributed by atoms with Gasteiger partial charge in [-0.15, -0.1) is 11.8 Å². The van der Waals surface area contributed by atoms with E-state index in [1.807, 2.05) is 58.9 Å². The van der Waals surface area contributed by atoms with Gasteiger partial charge in [0.2, 0.25) is 0 Å². The minimum Gasteiger partial charge on any atom is -0.491 e. The minimum absolute atomic E-state index is 0.111. The zero-order valence-corrected chi connectivity index (χ0v) is 22.7. The fourth-order valence-corrected chi connectivity index (χ4v) is 3.34. The number of ether oxygens (including phenoxy) is 2. The molecule has 0 saturated carbocycles. The minimum atomic E-state index is 0.111. The summed E-state index contributed by atoms with van der Waals surface area (Å²) in [5, 5.41) is 16.0. The van der Waals surface area contributed by atoms with Crippen molar-refractivity contribution in [1.29, 1.82) is 5.41 Å². The lowest BCUT2D eigenvalue weighted by Crippen LogP contribution is -2.06. The number of nitrogens with one attached hydrogen (secondary N) is 2. The number of hydrogen-bond donors (Lipinski definition) is 4. The highest BCUT2D eigenvalue weighted by Gasteiger charge is 2.07. The third-order valence-corrected chi connectivity index (χ3v) is 4.72. The number of carbonyl (C=O) groups is 1. The highest BCUT2D eigenvalue weighted by atomic mass is 35.5. The molecule has 35 heavy (non-hydrogen) atoms. The van der Waals surface area contributed by atoms with Gasteiger partial charge in [-0.1, -0.05) is 23.2 Å². The number of hydrogen-bond acceptors (Lipinski definition) is 9. The van der Waals surface area contributed by atoms with Crippen LogP contribution < -0.4 is 21.2 Å². The molecule has 192 valence electrons. The van der Waals surface area contributed by atoms with Crippen LogP contribution in [0.4, 0.5) is 0 Å². The van der Waals surface area contributed by atoms with E-state index in [2.05, 4.69) is 26.9 Å². The molecule has 1 heterocycles. The SMILES string of the molecule is C=O.CC(C)Oc1cc(Cl)cc(-c2ncn[nH]2)c1.CSC(=N)c1cc(Cl)cc(OC(C)C)c1.NN. The normalized spacial score (nSPS) is 9.69. The average molecular weight is 544 g/mol. The first-order valence-electron chi connectivity index (χ1n) is 10.2. The number of rotatable bonds is 6. The highest BCUT2D eigenvalue weighted by Crippen LogP contribution is 2.27. The second kappa shape index (κ2) is 17.8. The molecule has 0 atom stereocenters. The Bertz CT molecular complexity index is 1020. The lowest BCUT2D eigenvalue weighted by molar-refractivity contribution is -0.0980. The first-order valence-corrected chi connectivity index (χ1v) is 12.2. The lowest BCUT2D eigenvalue weighted by Gasteiger charge is -2.11. The Morgan fingerprint density at radius 3 is 1.94 bits per heavy atom. The van der Waals surface area contributed by atoms with Crippen molar-refractivity contribution in [2.45, 2.75) is 39.9 Å². The van der Waals surface area contributed by atoms with Crippen LogP contribution in [-0.2, 0) is 4.79 Å². The number of aromatic nitrogens is 3. The van der Waals surface area contributed by atoms with E-state index < -0.39 is 0 Å². The van der Waals surface area contributed by atoms with Crippen molar-refractivity contribution in [3.8, 4) is 22.9 Å². The summed E-state index contributed by atoms with van der Waals surface area (Å²) < 4.78 is 11.1.